The first-order valence-electron chi connectivity index (χ1n) is 4.80. The van der Waals surface area contributed by atoms with E-state index in [2.05, 4.69) is 31.2 Å². The van der Waals surface area contributed by atoms with Gasteiger partial charge in [-0.05, 0) is 18.4 Å². The summed E-state index contributed by atoms with van der Waals surface area (Å²) < 4.78 is 0. The van der Waals surface area contributed by atoms with E-state index in [-0.39, 0.29) is 12.4 Å². The minimum absolute atomic E-state index is 0. The third-order valence-electron chi connectivity index (χ3n) is 2.07. The molecule has 0 radical (unpaired) electrons. The monoisotopic (exact) mass is 211 g/mol. The van der Waals surface area contributed by atoms with Crippen LogP contribution in [0.25, 0.3) is 6.08 Å². The lowest BCUT2D eigenvalue weighted by molar-refractivity contribution is 0.660. The van der Waals surface area contributed by atoms with Crippen molar-refractivity contribution in [3.8, 4) is 0 Å². The van der Waals surface area contributed by atoms with Crippen LogP contribution in [0, 0.1) is 0 Å². The summed E-state index contributed by atoms with van der Waals surface area (Å²) in [4.78, 5) is 0. The Morgan fingerprint density at radius 3 is 2.50 bits per heavy atom. The van der Waals surface area contributed by atoms with Crippen LogP contribution in [-0.4, -0.2) is 6.04 Å². The number of hydrogen-bond donors (Lipinski definition) is 1. The average Bonchev–Trinajstić information content (AvgIpc) is 2.19. The SMILES string of the molecule is CCC(N)C/C=C/c1ccccc1.Cl. The first-order valence-corrected chi connectivity index (χ1v) is 4.80. The Morgan fingerprint density at radius 1 is 1.29 bits per heavy atom. The molecule has 0 aliphatic carbocycles. The maximum Gasteiger partial charge on any atom is 0.00709 e. The Morgan fingerprint density at radius 2 is 1.93 bits per heavy atom. The molecule has 2 heteroatoms. The fraction of sp³-hybridized carbons (Fsp3) is 0.333. The van der Waals surface area contributed by atoms with Crippen molar-refractivity contribution in [1.29, 1.82) is 0 Å². The second-order valence-electron chi connectivity index (χ2n) is 3.22. The lowest BCUT2D eigenvalue weighted by Gasteiger charge is -2.02. The minimum atomic E-state index is 0. The van der Waals surface area contributed by atoms with Gasteiger partial charge in [-0.3, -0.25) is 0 Å². The van der Waals surface area contributed by atoms with Gasteiger partial charge in [0, 0.05) is 6.04 Å². The Labute approximate surface area is 92.4 Å². The third kappa shape index (κ3) is 5.05. The van der Waals surface area contributed by atoms with Crippen molar-refractivity contribution in [3.63, 3.8) is 0 Å². The van der Waals surface area contributed by atoms with Crippen LogP contribution in [0.2, 0.25) is 0 Å². The molecule has 0 amide bonds. The van der Waals surface area contributed by atoms with Crippen LogP contribution in [0.4, 0.5) is 0 Å². The van der Waals surface area contributed by atoms with E-state index < -0.39 is 0 Å². The summed E-state index contributed by atoms with van der Waals surface area (Å²) in [5, 5.41) is 0. The molecule has 1 aromatic carbocycles. The summed E-state index contributed by atoms with van der Waals surface area (Å²) in [6.07, 6.45) is 6.27. The van der Waals surface area contributed by atoms with Gasteiger partial charge in [0.05, 0.1) is 0 Å². The number of benzene rings is 1. The van der Waals surface area contributed by atoms with Gasteiger partial charge in [-0.1, -0.05) is 49.4 Å². The minimum Gasteiger partial charge on any atom is -0.327 e. The molecule has 2 N–H and O–H groups in total. The summed E-state index contributed by atoms with van der Waals surface area (Å²) in [5.41, 5.74) is 7.03. The molecule has 1 aromatic rings. The van der Waals surface area contributed by atoms with Gasteiger partial charge in [0.2, 0.25) is 0 Å². The van der Waals surface area contributed by atoms with E-state index in [4.69, 9.17) is 5.73 Å². The summed E-state index contributed by atoms with van der Waals surface area (Å²) >= 11 is 0. The van der Waals surface area contributed by atoms with E-state index in [0.717, 1.165) is 12.8 Å². The van der Waals surface area contributed by atoms with Gasteiger partial charge in [-0.25, -0.2) is 0 Å². The van der Waals surface area contributed by atoms with Crippen LogP contribution in [0.3, 0.4) is 0 Å². The lowest BCUT2D eigenvalue weighted by Crippen LogP contribution is -2.16. The lowest BCUT2D eigenvalue weighted by atomic mass is 10.1. The molecule has 0 saturated carbocycles. The third-order valence-corrected chi connectivity index (χ3v) is 2.07. The van der Waals surface area contributed by atoms with Crippen molar-refractivity contribution >= 4 is 18.5 Å². The smallest absolute Gasteiger partial charge is 0.00709 e. The van der Waals surface area contributed by atoms with Gasteiger partial charge in [-0.2, -0.15) is 0 Å². The van der Waals surface area contributed by atoms with Crippen LogP contribution in [0.15, 0.2) is 36.4 Å². The molecule has 14 heavy (non-hydrogen) atoms. The number of halogens is 1. The van der Waals surface area contributed by atoms with Crippen molar-refractivity contribution in [3.05, 3.63) is 42.0 Å². The highest BCUT2D eigenvalue weighted by Crippen LogP contribution is 2.03. The fourth-order valence-electron chi connectivity index (χ4n) is 1.11. The predicted molar refractivity (Wildman–Crippen MR) is 65.6 cm³/mol. The van der Waals surface area contributed by atoms with Crippen LogP contribution < -0.4 is 5.73 Å². The normalized spacial score (nSPS) is 12.4. The molecule has 0 fully saturated rings. The van der Waals surface area contributed by atoms with Crippen molar-refractivity contribution in [2.75, 3.05) is 0 Å². The van der Waals surface area contributed by atoms with E-state index in [1.165, 1.54) is 5.56 Å². The molecule has 0 heterocycles. The van der Waals surface area contributed by atoms with E-state index in [0.29, 0.717) is 6.04 Å². The van der Waals surface area contributed by atoms with Crippen molar-refractivity contribution in [2.45, 2.75) is 25.8 Å². The highest BCUT2D eigenvalue weighted by atomic mass is 35.5. The van der Waals surface area contributed by atoms with Crippen LogP contribution in [0.5, 0.6) is 0 Å². The van der Waals surface area contributed by atoms with Gasteiger partial charge in [-0.15, -0.1) is 12.4 Å². The molecular formula is C12H18ClN. The molecule has 0 spiro atoms. The molecule has 0 saturated heterocycles. The van der Waals surface area contributed by atoms with Crippen molar-refractivity contribution < 1.29 is 0 Å². The highest BCUT2D eigenvalue weighted by molar-refractivity contribution is 5.85. The Bertz CT molecular complexity index is 256. The summed E-state index contributed by atoms with van der Waals surface area (Å²) in [5.74, 6) is 0. The first-order chi connectivity index (χ1) is 6.33. The van der Waals surface area contributed by atoms with Crippen molar-refractivity contribution in [1.82, 2.24) is 0 Å². The van der Waals surface area contributed by atoms with E-state index in [1.54, 1.807) is 0 Å². The molecular weight excluding hydrogens is 194 g/mol. The molecule has 78 valence electrons. The zero-order valence-electron chi connectivity index (χ0n) is 8.52. The van der Waals surface area contributed by atoms with E-state index in [1.807, 2.05) is 18.2 Å². The maximum absolute atomic E-state index is 5.79. The van der Waals surface area contributed by atoms with Gasteiger partial charge in [0.15, 0.2) is 0 Å². The molecule has 1 unspecified atom stereocenters. The number of hydrogen-bond acceptors (Lipinski definition) is 1. The first kappa shape index (κ1) is 13.2. The van der Waals surface area contributed by atoms with Crippen LogP contribution >= 0.6 is 12.4 Å². The zero-order chi connectivity index (χ0) is 9.52. The van der Waals surface area contributed by atoms with Gasteiger partial charge in [0.25, 0.3) is 0 Å². The molecule has 0 bridgehead atoms. The molecule has 1 nitrogen and oxygen atoms in total. The highest BCUT2D eigenvalue weighted by Gasteiger charge is 1.93. The summed E-state index contributed by atoms with van der Waals surface area (Å²) in [6.45, 7) is 2.11. The quantitative estimate of drug-likeness (QED) is 0.813. The second-order valence-corrected chi connectivity index (χ2v) is 3.22. The fourth-order valence-corrected chi connectivity index (χ4v) is 1.11. The zero-order valence-corrected chi connectivity index (χ0v) is 9.34. The molecule has 0 aromatic heterocycles. The van der Waals surface area contributed by atoms with Crippen molar-refractivity contribution in [2.24, 2.45) is 5.73 Å². The molecule has 1 rings (SSSR count). The van der Waals surface area contributed by atoms with Crippen LogP contribution in [0.1, 0.15) is 25.3 Å². The maximum atomic E-state index is 5.79. The van der Waals surface area contributed by atoms with Gasteiger partial charge >= 0.3 is 0 Å². The Hall–Kier alpha value is -0.790. The Balaban J connectivity index is 0.00000169. The number of rotatable bonds is 4. The van der Waals surface area contributed by atoms with Gasteiger partial charge < -0.3 is 5.73 Å². The molecule has 0 aliphatic rings. The summed E-state index contributed by atoms with van der Waals surface area (Å²) in [6, 6.07) is 10.6. The van der Waals surface area contributed by atoms with Crippen LogP contribution in [-0.2, 0) is 0 Å². The van der Waals surface area contributed by atoms with E-state index >= 15 is 0 Å². The largest absolute Gasteiger partial charge is 0.327 e. The predicted octanol–water partition coefficient (Wildman–Crippen LogP) is 3.25. The number of nitrogens with two attached hydrogens (primary N) is 1. The second kappa shape index (κ2) is 7.60. The molecule has 0 aliphatic heterocycles. The van der Waals surface area contributed by atoms with E-state index in [9.17, 15) is 0 Å². The Kier molecular flexibility index (Phi) is 7.17. The average molecular weight is 212 g/mol. The molecule has 1 atom stereocenters. The van der Waals surface area contributed by atoms with Gasteiger partial charge in [0.1, 0.15) is 0 Å². The summed E-state index contributed by atoms with van der Waals surface area (Å²) in [7, 11) is 0. The standard InChI is InChI=1S/C12H17N.ClH/c1-2-12(13)10-6-9-11-7-4-3-5-8-11;/h3-9,12H,2,10,13H2,1H3;1H/b9-6+;. The topological polar surface area (TPSA) is 26.0 Å².